The highest BCUT2D eigenvalue weighted by atomic mass is 32.2. The first kappa shape index (κ1) is 9.38. The lowest BCUT2D eigenvalue weighted by Gasteiger charge is -2.00. The minimum atomic E-state index is -4.32. The van der Waals surface area contributed by atoms with Crippen LogP contribution in [0, 0.1) is 4.51 Å². The van der Waals surface area contributed by atoms with E-state index >= 15 is 0 Å². The summed E-state index contributed by atoms with van der Waals surface area (Å²) in [5, 5.41) is 1.83. The number of hydrogen-bond acceptors (Lipinski definition) is 4. The van der Waals surface area contributed by atoms with Gasteiger partial charge < -0.3 is 4.52 Å². The standard InChI is InChI=1S/C7H5NO4S2/c9-14(10,11)7-2-4-1-5(13)3-6(4)8-12-7/h1-3,8H,(H,9,10,11). The molecule has 14 heavy (non-hydrogen) atoms. The molecule has 0 saturated heterocycles. The quantitative estimate of drug-likeness (QED) is 0.576. The van der Waals surface area contributed by atoms with Crippen molar-refractivity contribution < 1.29 is 17.5 Å². The van der Waals surface area contributed by atoms with Crippen molar-refractivity contribution in [2.45, 2.75) is 5.09 Å². The summed E-state index contributed by atoms with van der Waals surface area (Å²) in [6.45, 7) is 0. The second kappa shape index (κ2) is 2.91. The van der Waals surface area contributed by atoms with Crippen molar-refractivity contribution in [1.82, 2.24) is 5.16 Å². The second-order valence-electron chi connectivity index (χ2n) is 2.70. The second-order valence-corrected chi connectivity index (χ2v) is 4.53. The van der Waals surface area contributed by atoms with E-state index in [0.717, 1.165) is 0 Å². The van der Waals surface area contributed by atoms with Crippen LogP contribution in [0.5, 0.6) is 0 Å². The monoisotopic (exact) mass is 231 g/mol. The average molecular weight is 231 g/mol. The van der Waals surface area contributed by atoms with Gasteiger partial charge in [-0.1, -0.05) is 12.2 Å². The van der Waals surface area contributed by atoms with Gasteiger partial charge in [0.1, 0.15) is 0 Å². The predicted molar refractivity (Wildman–Crippen MR) is 50.3 cm³/mol. The summed E-state index contributed by atoms with van der Waals surface area (Å²) in [5.74, 6) is 0. The van der Waals surface area contributed by atoms with E-state index in [2.05, 4.69) is 9.68 Å². The molecule has 7 heteroatoms. The Morgan fingerprint density at radius 2 is 2.07 bits per heavy atom. The summed E-state index contributed by atoms with van der Waals surface area (Å²) in [6, 6.07) is 4.43. The van der Waals surface area contributed by atoms with Crippen molar-refractivity contribution >= 4 is 22.3 Å². The Morgan fingerprint density at radius 3 is 2.71 bits per heavy atom. The van der Waals surface area contributed by atoms with Crippen molar-refractivity contribution in [3.63, 3.8) is 0 Å². The minimum Gasteiger partial charge on any atom is -0.367 e. The number of rotatable bonds is 1. The van der Waals surface area contributed by atoms with Gasteiger partial charge in [-0.2, -0.15) is 8.42 Å². The zero-order valence-corrected chi connectivity index (χ0v) is 8.35. The fraction of sp³-hybridized carbons (Fsp3) is 0. The van der Waals surface area contributed by atoms with Gasteiger partial charge in [-0.3, -0.25) is 4.55 Å². The third-order valence-electron chi connectivity index (χ3n) is 1.68. The van der Waals surface area contributed by atoms with Crippen molar-refractivity contribution in [1.29, 1.82) is 0 Å². The minimum absolute atomic E-state index is 0.536. The van der Waals surface area contributed by atoms with Crippen LogP contribution in [0.2, 0.25) is 0 Å². The maximum atomic E-state index is 10.7. The van der Waals surface area contributed by atoms with E-state index in [-0.39, 0.29) is 0 Å². The molecule has 0 radical (unpaired) electrons. The van der Waals surface area contributed by atoms with Crippen LogP contribution in [0.3, 0.4) is 0 Å². The molecular formula is C7H5NO4S2. The van der Waals surface area contributed by atoms with E-state index in [9.17, 15) is 8.42 Å². The number of aromatic amines is 1. The molecule has 1 aliphatic carbocycles. The number of hydrogen-bond donors (Lipinski definition) is 2. The topological polar surface area (TPSA) is 83.3 Å². The van der Waals surface area contributed by atoms with Gasteiger partial charge in [-0.15, -0.1) is 0 Å². The van der Waals surface area contributed by atoms with Crippen LogP contribution < -0.4 is 0 Å². The van der Waals surface area contributed by atoms with Crippen LogP contribution in [0.25, 0.3) is 11.3 Å². The van der Waals surface area contributed by atoms with E-state index in [1.54, 1.807) is 12.1 Å². The van der Waals surface area contributed by atoms with Crippen LogP contribution in [-0.2, 0) is 10.1 Å². The molecule has 2 aliphatic rings. The highest BCUT2D eigenvalue weighted by molar-refractivity contribution is 7.85. The average Bonchev–Trinajstić information content (AvgIpc) is 2.41. The molecule has 0 amide bonds. The molecule has 0 saturated carbocycles. The maximum absolute atomic E-state index is 10.7. The molecule has 5 nitrogen and oxygen atoms in total. The Kier molecular flexibility index (Phi) is 1.95. The van der Waals surface area contributed by atoms with E-state index in [1.165, 1.54) is 6.07 Å². The highest BCUT2D eigenvalue weighted by Gasteiger charge is 2.16. The summed E-state index contributed by atoms with van der Waals surface area (Å²) in [6.07, 6.45) is 0. The Balaban J connectivity index is 2.75. The Labute approximate surface area is 84.4 Å². The SMILES string of the molecule is O=S(=O)(O)c1cc2cc(=S)cc-2[nH]o1. The first-order chi connectivity index (χ1) is 6.47. The fourth-order valence-electron chi connectivity index (χ4n) is 1.09. The number of nitrogens with one attached hydrogen (secondary N) is 1. The zero-order valence-electron chi connectivity index (χ0n) is 6.72. The van der Waals surface area contributed by atoms with Crippen LogP contribution in [0.15, 0.2) is 27.8 Å². The molecule has 2 rings (SSSR count). The third kappa shape index (κ3) is 1.57. The molecule has 1 heterocycles. The summed E-state index contributed by atoms with van der Waals surface area (Å²) in [4.78, 5) is 0. The summed E-state index contributed by atoms with van der Waals surface area (Å²) < 4.78 is 35.3. The molecule has 1 aliphatic heterocycles. The highest BCUT2D eigenvalue weighted by Crippen LogP contribution is 2.24. The van der Waals surface area contributed by atoms with E-state index in [1.807, 2.05) is 0 Å². The number of H-pyrrole nitrogens is 1. The van der Waals surface area contributed by atoms with Crippen molar-refractivity contribution in [3.05, 3.63) is 22.7 Å². The molecule has 0 aromatic carbocycles. The number of aromatic nitrogens is 1. The van der Waals surface area contributed by atoms with Crippen LogP contribution >= 0.6 is 12.2 Å². The normalized spacial score (nSPS) is 12.1. The third-order valence-corrected chi connectivity index (χ3v) is 2.63. The molecule has 74 valence electrons. The van der Waals surface area contributed by atoms with Gasteiger partial charge in [0.2, 0.25) is 0 Å². The smallest absolute Gasteiger partial charge is 0.330 e. The molecular weight excluding hydrogens is 226 g/mol. The lowest BCUT2D eigenvalue weighted by atomic mass is 10.3. The fourth-order valence-corrected chi connectivity index (χ4v) is 1.76. The first-order valence-electron chi connectivity index (χ1n) is 3.56. The zero-order chi connectivity index (χ0) is 10.3. The van der Waals surface area contributed by atoms with Gasteiger partial charge >= 0.3 is 10.1 Å². The number of fused-ring (bicyclic) bond motifs is 1. The van der Waals surface area contributed by atoms with Crippen LogP contribution in [-0.4, -0.2) is 18.1 Å². The maximum Gasteiger partial charge on any atom is 0.330 e. The molecule has 0 spiro atoms. The summed E-state index contributed by atoms with van der Waals surface area (Å²) in [7, 11) is -4.32. The molecule has 0 aromatic heterocycles. The van der Waals surface area contributed by atoms with Gasteiger partial charge in [0.25, 0.3) is 5.09 Å². The summed E-state index contributed by atoms with van der Waals surface area (Å²) >= 11 is 4.88. The lowest BCUT2D eigenvalue weighted by molar-refractivity contribution is 0.305. The molecule has 2 N–H and O–H groups in total. The van der Waals surface area contributed by atoms with Gasteiger partial charge in [-0.25, -0.2) is 5.16 Å². The molecule has 0 aromatic rings. The molecule has 0 unspecified atom stereocenters. The molecule has 0 bridgehead atoms. The van der Waals surface area contributed by atoms with E-state index < -0.39 is 15.2 Å². The Hall–Kier alpha value is -1.18. The largest absolute Gasteiger partial charge is 0.367 e. The van der Waals surface area contributed by atoms with Crippen molar-refractivity contribution in [2.75, 3.05) is 0 Å². The Morgan fingerprint density at radius 1 is 1.36 bits per heavy atom. The molecule has 0 atom stereocenters. The van der Waals surface area contributed by atoms with Crippen molar-refractivity contribution in [2.24, 2.45) is 0 Å². The van der Waals surface area contributed by atoms with Gasteiger partial charge in [-0.05, 0) is 12.1 Å². The van der Waals surface area contributed by atoms with Crippen LogP contribution in [0.4, 0.5) is 0 Å². The Bertz CT molecular complexity index is 594. The summed E-state index contributed by atoms with van der Waals surface area (Å²) in [5.41, 5.74) is 1.16. The van der Waals surface area contributed by atoms with Gasteiger partial charge in [0.05, 0.1) is 5.69 Å². The molecule has 0 fully saturated rings. The predicted octanol–water partition coefficient (Wildman–Crippen LogP) is 1.69. The van der Waals surface area contributed by atoms with E-state index in [4.69, 9.17) is 16.8 Å². The lowest BCUT2D eigenvalue weighted by Crippen LogP contribution is -1.99. The van der Waals surface area contributed by atoms with E-state index in [0.29, 0.717) is 15.8 Å². The van der Waals surface area contributed by atoms with Gasteiger partial charge in [0.15, 0.2) is 0 Å². The van der Waals surface area contributed by atoms with Gasteiger partial charge in [0, 0.05) is 16.1 Å². The van der Waals surface area contributed by atoms with Crippen LogP contribution in [0.1, 0.15) is 0 Å². The first-order valence-corrected chi connectivity index (χ1v) is 5.41. The van der Waals surface area contributed by atoms with Crippen molar-refractivity contribution in [3.8, 4) is 11.3 Å².